The third-order valence-electron chi connectivity index (χ3n) is 16.2. The van der Waals surface area contributed by atoms with Crippen molar-refractivity contribution in [2.24, 2.45) is 56.2 Å². The molecular weight excluding hydrogens is 636 g/mol. The van der Waals surface area contributed by atoms with E-state index in [1.54, 1.807) is 19.4 Å². The van der Waals surface area contributed by atoms with Crippen LogP contribution in [-0.2, 0) is 19.1 Å². The van der Waals surface area contributed by atoms with Crippen LogP contribution in [0.4, 0.5) is 0 Å². The summed E-state index contributed by atoms with van der Waals surface area (Å²) >= 11 is 0. The number of ketones is 1. The van der Waals surface area contributed by atoms with Crippen molar-refractivity contribution in [3.8, 4) is 0 Å². The number of pyridine rings is 1. The smallest absolute Gasteiger partial charge is 0.309 e. The molecule has 2 N–H and O–H groups in total. The fourth-order valence-electron chi connectivity index (χ4n) is 13.2. The van der Waals surface area contributed by atoms with Crippen LogP contribution in [0.1, 0.15) is 151 Å². The van der Waals surface area contributed by atoms with Crippen molar-refractivity contribution in [3.63, 3.8) is 0 Å². The van der Waals surface area contributed by atoms with E-state index < -0.39 is 17.4 Å². The molecule has 1 heterocycles. The van der Waals surface area contributed by atoms with Gasteiger partial charge in [0, 0.05) is 35.7 Å². The number of carboxylic acids is 1. The number of Topliss-reactive ketones (excluding diaryl/α,β-unsaturated/α-hetero) is 1. The Morgan fingerprint density at radius 3 is 2.35 bits per heavy atom. The van der Waals surface area contributed by atoms with Crippen LogP contribution in [0.15, 0.2) is 35.7 Å². The van der Waals surface area contributed by atoms with Crippen LogP contribution >= 0.6 is 0 Å². The standard InChI is InChI=1S/C44H66N2O5/c1-27(2)36-31(47)24-44(21-23-46-28(3)29-12-11-22-45-26-29)20-19-42(9)30(37(36)44)13-14-33-41(8)17-16-34(51-35(48)25-39(4,5)38(49)50)40(6,7)32(41)15-18-43(33,42)10/h11-12,22,26-28,30,32-34,46H,13-21,23-25H2,1-10H3,(H,49,50). The van der Waals surface area contributed by atoms with Crippen LogP contribution in [0, 0.1) is 56.2 Å². The second-order valence-electron chi connectivity index (χ2n) is 19.9. The van der Waals surface area contributed by atoms with E-state index in [0.717, 1.165) is 63.5 Å². The molecule has 9 unspecified atom stereocenters. The van der Waals surface area contributed by atoms with Crippen molar-refractivity contribution in [1.29, 1.82) is 0 Å². The van der Waals surface area contributed by atoms with Crippen LogP contribution < -0.4 is 5.32 Å². The molecular formula is C44H66N2O5. The van der Waals surface area contributed by atoms with Gasteiger partial charge in [0.1, 0.15) is 6.10 Å². The highest BCUT2D eigenvalue weighted by Crippen LogP contribution is 2.77. The summed E-state index contributed by atoms with van der Waals surface area (Å²) in [6.07, 6.45) is 13.8. The van der Waals surface area contributed by atoms with E-state index in [9.17, 15) is 19.5 Å². The molecule has 0 saturated heterocycles. The molecule has 51 heavy (non-hydrogen) atoms. The number of hydrogen-bond acceptors (Lipinski definition) is 6. The summed E-state index contributed by atoms with van der Waals surface area (Å²) in [5.41, 5.74) is 2.86. The number of ether oxygens (including phenoxy) is 1. The van der Waals surface area contributed by atoms with Crippen molar-refractivity contribution in [3.05, 3.63) is 41.2 Å². The lowest BCUT2D eigenvalue weighted by molar-refractivity contribution is -0.233. The predicted molar refractivity (Wildman–Crippen MR) is 201 cm³/mol. The maximum Gasteiger partial charge on any atom is 0.309 e. The molecule has 6 rings (SSSR count). The van der Waals surface area contributed by atoms with E-state index in [4.69, 9.17) is 4.74 Å². The number of allylic oxidation sites excluding steroid dienone is 2. The number of aliphatic carboxylic acids is 1. The largest absolute Gasteiger partial charge is 0.481 e. The SMILES string of the molecule is CC(C)C1=C2C3CCC4C5(C)CCC(OC(=O)CC(C)(C)C(=O)O)C(C)(C)C5CCC4(C)C3(C)CCC2(CCNC(C)c2cccnc2)CC1=O. The number of hydrogen-bond donors (Lipinski definition) is 2. The molecule has 0 amide bonds. The molecule has 1 aromatic rings. The predicted octanol–water partition coefficient (Wildman–Crippen LogP) is 9.52. The minimum Gasteiger partial charge on any atom is -0.481 e. The summed E-state index contributed by atoms with van der Waals surface area (Å²) in [6, 6.07) is 4.34. The first-order valence-corrected chi connectivity index (χ1v) is 20.1. The van der Waals surface area contributed by atoms with Gasteiger partial charge < -0.3 is 15.2 Å². The fourth-order valence-corrected chi connectivity index (χ4v) is 13.2. The molecule has 1 aromatic heterocycles. The third kappa shape index (κ3) is 6.04. The molecule has 7 nitrogen and oxygen atoms in total. The fraction of sp³-hybridized carbons (Fsp3) is 0.773. The summed E-state index contributed by atoms with van der Waals surface area (Å²) in [5.74, 6) is 0.654. The van der Waals surface area contributed by atoms with E-state index in [2.05, 4.69) is 71.8 Å². The summed E-state index contributed by atoms with van der Waals surface area (Å²) in [6.45, 7) is 23.1. The van der Waals surface area contributed by atoms with Crippen LogP contribution in [0.3, 0.4) is 0 Å². The molecule has 0 bridgehead atoms. The molecule has 4 saturated carbocycles. The number of carboxylic acid groups (broad SMARTS) is 1. The molecule has 7 heteroatoms. The average molecular weight is 703 g/mol. The number of nitrogens with zero attached hydrogens (tertiary/aromatic N) is 1. The van der Waals surface area contributed by atoms with Gasteiger partial charge in [-0.2, -0.15) is 0 Å². The summed E-state index contributed by atoms with van der Waals surface area (Å²) < 4.78 is 6.18. The molecule has 0 aliphatic heterocycles. The van der Waals surface area contributed by atoms with Gasteiger partial charge in [0.25, 0.3) is 0 Å². The number of fused-ring (bicyclic) bond motifs is 7. The maximum absolute atomic E-state index is 14.0. The van der Waals surface area contributed by atoms with Crippen LogP contribution in [0.2, 0.25) is 0 Å². The zero-order chi connectivity index (χ0) is 37.4. The molecule has 5 aliphatic carbocycles. The molecule has 4 fully saturated rings. The third-order valence-corrected chi connectivity index (χ3v) is 16.2. The zero-order valence-electron chi connectivity index (χ0n) is 33.3. The number of carbonyl (C=O) groups is 3. The molecule has 5 aliphatic rings. The van der Waals surface area contributed by atoms with Crippen molar-refractivity contribution >= 4 is 17.7 Å². The van der Waals surface area contributed by atoms with Crippen LogP contribution in [0.25, 0.3) is 0 Å². The van der Waals surface area contributed by atoms with E-state index >= 15 is 0 Å². The van der Waals surface area contributed by atoms with E-state index in [1.165, 1.54) is 12.0 Å². The van der Waals surface area contributed by atoms with Gasteiger partial charge >= 0.3 is 11.9 Å². The maximum atomic E-state index is 14.0. The number of carbonyl (C=O) groups excluding carboxylic acids is 2. The van der Waals surface area contributed by atoms with Gasteiger partial charge in [-0.05, 0) is 142 Å². The second-order valence-corrected chi connectivity index (χ2v) is 19.9. The first kappa shape index (κ1) is 38.2. The van der Waals surface area contributed by atoms with Gasteiger partial charge in [0.05, 0.1) is 11.8 Å². The molecule has 0 spiro atoms. The topological polar surface area (TPSA) is 106 Å². The first-order valence-electron chi connectivity index (χ1n) is 20.1. The highest BCUT2D eigenvalue weighted by atomic mass is 16.5. The Balaban J connectivity index is 1.25. The highest BCUT2D eigenvalue weighted by molar-refractivity contribution is 6.00. The van der Waals surface area contributed by atoms with Crippen molar-refractivity contribution < 1.29 is 24.2 Å². The molecule has 282 valence electrons. The number of aromatic nitrogens is 1. The van der Waals surface area contributed by atoms with Gasteiger partial charge in [0.2, 0.25) is 0 Å². The Labute approximate surface area is 307 Å². The minimum absolute atomic E-state index is 0.0496. The van der Waals surface area contributed by atoms with E-state index in [0.29, 0.717) is 30.0 Å². The lowest BCUT2D eigenvalue weighted by Crippen LogP contribution is -2.65. The van der Waals surface area contributed by atoms with Gasteiger partial charge in [-0.3, -0.25) is 19.4 Å². The van der Waals surface area contributed by atoms with Gasteiger partial charge in [-0.25, -0.2) is 0 Å². The van der Waals surface area contributed by atoms with Gasteiger partial charge in [-0.1, -0.05) is 60.1 Å². The minimum atomic E-state index is -1.15. The summed E-state index contributed by atoms with van der Waals surface area (Å²) in [5, 5.41) is 13.4. The average Bonchev–Trinajstić information content (AvgIpc) is 3.35. The number of rotatable bonds is 10. The summed E-state index contributed by atoms with van der Waals surface area (Å²) in [7, 11) is 0. The van der Waals surface area contributed by atoms with E-state index in [-0.39, 0.29) is 51.6 Å². The van der Waals surface area contributed by atoms with Gasteiger partial charge in [0.15, 0.2) is 5.78 Å². The zero-order valence-corrected chi connectivity index (χ0v) is 33.3. The number of esters is 1. The lowest BCUT2D eigenvalue weighted by atomic mass is 9.33. The van der Waals surface area contributed by atoms with Gasteiger partial charge in [-0.15, -0.1) is 0 Å². The Morgan fingerprint density at radius 1 is 0.980 bits per heavy atom. The monoisotopic (exact) mass is 702 g/mol. The molecule has 9 atom stereocenters. The second kappa shape index (κ2) is 13.1. The normalized spacial score (nSPS) is 38.0. The van der Waals surface area contributed by atoms with Crippen LogP contribution in [0.5, 0.6) is 0 Å². The Hall–Kier alpha value is -2.54. The Kier molecular flexibility index (Phi) is 9.80. The molecule has 0 aromatic carbocycles. The van der Waals surface area contributed by atoms with Crippen LogP contribution in [-0.4, -0.2) is 40.5 Å². The quantitative estimate of drug-likeness (QED) is 0.234. The molecule has 0 radical (unpaired) electrons. The van der Waals surface area contributed by atoms with E-state index in [1.807, 2.05) is 18.5 Å². The highest BCUT2D eigenvalue weighted by Gasteiger charge is 2.70. The summed E-state index contributed by atoms with van der Waals surface area (Å²) in [4.78, 5) is 43.2. The van der Waals surface area contributed by atoms with Crippen molar-refractivity contribution in [2.45, 2.75) is 152 Å². The number of nitrogens with one attached hydrogen (secondary N) is 1. The Bertz CT molecular complexity index is 1560. The Morgan fingerprint density at radius 2 is 1.71 bits per heavy atom. The van der Waals surface area contributed by atoms with Crippen molar-refractivity contribution in [1.82, 2.24) is 10.3 Å². The first-order chi connectivity index (χ1) is 23.7. The lowest BCUT2D eigenvalue weighted by Gasteiger charge is -2.72. The van der Waals surface area contributed by atoms with Crippen molar-refractivity contribution in [2.75, 3.05) is 6.54 Å².